The fourth-order valence-electron chi connectivity index (χ4n) is 2.96. The smallest absolute Gasteiger partial charge is 0.323 e. The number of urea groups is 1. The van der Waals surface area contributed by atoms with E-state index in [9.17, 15) is 14.4 Å². The van der Waals surface area contributed by atoms with E-state index in [0.717, 1.165) is 30.6 Å². The van der Waals surface area contributed by atoms with Crippen LogP contribution >= 0.6 is 0 Å². The van der Waals surface area contributed by atoms with Gasteiger partial charge in [-0.3, -0.25) is 14.5 Å². The Kier molecular flexibility index (Phi) is 4.22. The minimum absolute atomic E-state index is 0.0774. The first kappa shape index (κ1) is 14.0. The fraction of sp³-hybridized carbons (Fsp3) is 0.786. The highest BCUT2D eigenvalue weighted by Gasteiger charge is 2.50. The van der Waals surface area contributed by atoms with E-state index in [1.165, 1.54) is 6.42 Å². The molecule has 0 unspecified atom stereocenters. The van der Waals surface area contributed by atoms with Crippen molar-refractivity contribution in [2.45, 2.75) is 63.8 Å². The van der Waals surface area contributed by atoms with Crippen LogP contribution in [0.1, 0.15) is 58.3 Å². The van der Waals surface area contributed by atoms with Crippen LogP contribution in [-0.4, -0.2) is 34.7 Å². The molecule has 1 aliphatic heterocycles. The molecule has 2 aliphatic rings. The summed E-state index contributed by atoms with van der Waals surface area (Å²) in [5.41, 5.74) is -0.731. The van der Waals surface area contributed by atoms with Crippen molar-refractivity contribution in [2.75, 3.05) is 6.54 Å². The summed E-state index contributed by atoms with van der Waals surface area (Å²) in [5.74, 6) is -0.271. The summed E-state index contributed by atoms with van der Waals surface area (Å²) in [7, 11) is 0. The van der Waals surface area contributed by atoms with Crippen LogP contribution in [0.15, 0.2) is 0 Å². The molecule has 0 aromatic carbocycles. The molecule has 0 bridgehead atoms. The summed E-state index contributed by atoms with van der Waals surface area (Å²) in [6.45, 7) is 1.66. The predicted molar refractivity (Wildman–Crippen MR) is 70.6 cm³/mol. The Morgan fingerprint density at radius 1 is 1.16 bits per heavy atom. The molecule has 1 spiro atoms. The van der Waals surface area contributed by atoms with Crippen LogP contribution in [0.5, 0.6) is 0 Å². The molecule has 1 heterocycles. The lowest BCUT2D eigenvalue weighted by atomic mass is 9.84. The quantitative estimate of drug-likeness (QED) is 0.794. The Hall–Kier alpha value is -1.39. The van der Waals surface area contributed by atoms with Crippen LogP contribution in [0.2, 0.25) is 0 Å². The van der Waals surface area contributed by atoms with Gasteiger partial charge in [0, 0.05) is 6.42 Å². The molecule has 0 atom stereocenters. The summed E-state index contributed by atoms with van der Waals surface area (Å²) in [5, 5.41) is 2.85. The standard InChI is InChI=1S/C14H22N2O3/c1-2-11(17)10-16-12(18)14(15-13(16)19)8-6-4-3-5-7-9-14/h2-10H2,1H3,(H,15,19). The lowest BCUT2D eigenvalue weighted by Gasteiger charge is -2.28. The number of nitrogens with zero attached hydrogens (tertiary/aromatic N) is 1. The van der Waals surface area contributed by atoms with Gasteiger partial charge in [0.1, 0.15) is 5.54 Å². The molecule has 5 nitrogen and oxygen atoms in total. The zero-order valence-corrected chi connectivity index (χ0v) is 11.5. The van der Waals surface area contributed by atoms with Crippen molar-refractivity contribution in [2.24, 2.45) is 0 Å². The second kappa shape index (κ2) is 5.72. The van der Waals surface area contributed by atoms with Crippen LogP contribution in [0.3, 0.4) is 0 Å². The molecule has 2 fully saturated rings. The first-order valence-corrected chi connectivity index (χ1v) is 7.25. The third kappa shape index (κ3) is 2.80. The molecule has 1 aliphatic carbocycles. The molecule has 19 heavy (non-hydrogen) atoms. The number of rotatable bonds is 3. The largest absolute Gasteiger partial charge is 0.325 e. The molecule has 3 amide bonds. The second-order valence-electron chi connectivity index (χ2n) is 5.56. The minimum Gasteiger partial charge on any atom is -0.323 e. The van der Waals surface area contributed by atoms with Crippen LogP contribution in [0, 0.1) is 0 Å². The predicted octanol–water partition coefficient (Wildman–Crippen LogP) is 2.00. The molecule has 0 aromatic rings. The molecule has 0 radical (unpaired) electrons. The minimum atomic E-state index is -0.731. The summed E-state index contributed by atoms with van der Waals surface area (Å²) in [6, 6.07) is -0.396. The van der Waals surface area contributed by atoms with Gasteiger partial charge in [-0.15, -0.1) is 0 Å². The number of carbonyl (C=O) groups is 3. The SMILES string of the molecule is CCC(=O)CN1C(=O)NC2(CCCCCCC2)C1=O. The van der Waals surface area contributed by atoms with Gasteiger partial charge >= 0.3 is 6.03 Å². The number of Topliss-reactive ketones (excluding diaryl/α,β-unsaturated/α-hetero) is 1. The van der Waals surface area contributed by atoms with Crippen LogP contribution in [0.25, 0.3) is 0 Å². The monoisotopic (exact) mass is 266 g/mol. The van der Waals surface area contributed by atoms with Crippen molar-refractivity contribution in [3.8, 4) is 0 Å². The molecule has 106 valence electrons. The Labute approximate surface area is 113 Å². The van der Waals surface area contributed by atoms with Gasteiger partial charge in [0.15, 0.2) is 5.78 Å². The van der Waals surface area contributed by atoms with Gasteiger partial charge in [-0.25, -0.2) is 4.79 Å². The van der Waals surface area contributed by atoms with Gasteiger partial charge in [0.2, 0.25) is 0 Å². The molecular formula is C14H22N2O3. The maximum Gasteiger partial charge on any atom is 0.325 e. The van der Waals surface area contributed by atoms with Gasteiger partial charge < -0.3 is 5.32 Å². The van der Waals surface area contributed by atoms with E-state index in [4.69, 9.17) is 0 Å². The van der Waals surface area contributed by atoms with Gasteiger partial charge in [0.25, 0.3) is 5.91 Å². The van der Waals surface area contributed by atoms with Gasteiger partial charge in [0.05, 0.1) is 6.54 Å². The summed E-state index contributed by atoms with van der Waals surface area (Å²) in [4.78, 5) is 37.0. The third-order valence-electron chi connectivity index (χ3n) is 4.18. The van der Waals surface area contributed by atoms with E-state index in [1.54, 1.807) is 6.92 Å². The third-order valence-corrected chi connectivity index (χ3v) is 4.18. The van der Waals surface area contributed by atoms with Gasteiger partial charge in [-0.05, 0) is 12.8 Å². The summed E-state index contributed by atoms with van der Waals surface area (Å²) >= 11 is 0. The highest BCUT2D eigenvalue weighted by molar-refractivity contribution is 6.09. The Morgan fingerprint density at radius 2 is 1.74 bits per heavy atom. The first-order chi connectivity index (χ1) is 9.09. The zero-order valence-electron chi connectivity index (χ0n) is 11.5. The average Bonchev–Trinajstić information content (AvgIpc) is 2.59. The number of carbonyl (C=O) groups excluding carboxylic acids is 3. The number of hydrogen-bond donors (Lipinski definition) is 1. The lowest BCUT2D eigenvalue weighted by Crippen LogP contribution is -2.47. The zero-order chi connectivity index (χ0) is 13.9. The highest BCUT2D eigenvalue weighted by atomic mass is 16.2. The second-order valence-corrected chi connectivity index (χ2v) is 5.56. The van der Waals surface area contributed by atoms with Crippen LogP contribution in [0.4, 0.5) is 4.79 Å². The normalized spacial score (nSPS) is 23.1. The van der Waals surface area contributed by atoms with E-state index < -0.39 is 11.6 Å². The highest BCUT2D eigenvalue weighted by Crippen LogP contribution is 2.31. The number of imide groups is 1. The average molecular weight is 266 g/mol. The van der Waals surface area contributed by atoms with E-state index in [0.29, 0.717) is 19.3 Å². The van der Waals surface area contributed by atoms with E-state index in [1.807, 2.05) is 0 Å². The Bertz CT molecular complexity index is 384. The van der Waals surface area contributed by atoms with Gasteiger partial charge in [-0.2, -0.15) is 0 Å². The Morgan fingerprint density at radius 3 is 2.32 bits per heavy atom. The molecule has 1 N–H and O–H groups in total. The lowest BCUT2D eigenvalue weighted by molar-refractivity contribution is -0.135. The summed E-state index contributed by atoms with van der Waals surface area (Å²) in [6.07, 6.45) is 7.10. The number of ketones is 1. The Balaban J connectivity index is 2.12. The molecule has 1 saturated carbocycles. The first-order valence-electron chi connectivity index (χ1n) is 7.25. The van der Waals surface area contributed by atoms with Crippen molar-refractivity contribution in [1.29, 1.82) is 0 Å². The fourth-order valence-corrected chi connectivity index (χ4v) is 2.96. The van der Waals surface area contributed by atoms with Crippen LogP contribution < -0.4 is 5.32 Å². The maximum absolute atomic E-state index is 12.5. The molecule has 0 aromatic heterocycles. The van der Waals surface area contributed by atoms with Crippen LogP contribution in [-0.2, 0) is 9.59 Å². The van der Waals surface area contributed by atoms with Crippen molar-refractivity contribution in [3.05, 3.63) is 0 Å². The number of hydrogen-bond acceptors (Lipinski definition) is 3. The molecule has 5 heteroatoms. The maximum atomic E-state index is 12.5. The number of nitrogens with one attached hydrogen (secondary N) is 1. The van der Waals surface area contributed by atoms with Crippen molar-refractivity contribution >= 4 is 17.7 Å². The van der Waals surface area contributed by atoms with Gasteiger partial charge in [-0.1, -0.05) is 39.0 Å². The molecular weight excluding hydrogens is 244 g/mol. The van der Waals surface area contributed by atoms with E-state index >= 15 is 0 Å². The summed E-state index contributed by atoms with van der Waals surface area (Å²) < 4.78 is 0. The van der Waals surface area contributed by atoms with E-state index in [2.05, 4.69) is 5.32 Å². The van der Waals surface area contributed by atoms with E-state index in [-0.39, 0.29) is 18.2 Å². The van der Waals surface area contributed by atoms with Crippen molar-refractivity contribution in [3.63, 3.8) is 0 Å². The van der Waals surface area contributed by atoms with Crippen molar-refractivity contribution < 1.29 is 14.4 Å². The topological polar surface area (TPSA) is 66.5 Å². The number of amides is 3. The molecule has 2 rings (SSSR count). The molecule has 1 saturated heterocycles. The van der Waals surface area contributed by atoms with Crippen molar-refractivity contribution in [1.82, 2.24) is 10.2 Å².